The van der Waals surface area contributed by atoms with Gasteiger partial charge in [-0.2, -0.15) is 0 Å². The number of carbonyl (C=O) groups is 1. The molecule has 1 amide bonds. The minimum absolute atomic E-state index is 0.0333. The van der Waals surface area contributed by atoms with Crippen LogP contribution in [0.1, 0.15) is 50.1 Å². The molecular weight excluding hydrogens is 262 g/mol. The van der Waals surface area contributed by atoms with Crippen LogP contribution >= 0.6 is 0 Å². The Morgan fingerprint density at radius 2 is 2.24 bits per heavy atom. The van der Waals surface area contributed by atoms with E-state index in [1.54, 1.807) is 6.92 Å². The van der Waals surface area contributed by atoms with Crippen LogP contribution in [0.4, 0.5) is 0 Å². The van der Waals surface area contributed by atoms with Crippen molar-refractivity contribution >= 4 is 16.9 Å². The summed E-state index contributed by atoms with van der Waals surface area (Å²) < 4.78 is 2.41. The first kappa shape index (κ1) is 14.1. The van der Waals surface area contributed by atoms with E-state index in [1.807, 2.05) is 0 Å². The fourth-order valence-corrected chi connectivity index (χ4v) is 3.25. The normalized spacial score (nSPS) is 13.9. The smallest absolute Gasteiger partial charge is 0.216 e. The van der Waals surface area contributed by atoms with Crippen molar-refractivity contribution in [3.63, 3.8) is 0 Å². The molecule has 0 aromatic carbocycles. The topological polar surface area (TPSA) is 46.9 Å². The molecule has 0 bridgehead atoms. The molecule has 4 heteroatoms. The number of aryl methyl sites for hydroxylation is 1. The van der Waals surface area contributed by atoms with E-state index in [4.69, 9.17) is 4.98 Å². The van der Waals surface area contributed by atoms with Crippen molar-refractivity contribution in [1.29, 1.82) is 0 Å². The second-order valence-corrected chi connectivity index (χ2v) is 6.17. The van der Waals surface area contributed by atoms with E-state index in [0.29, 0.717) is 12.5 Å². The SMILES string of the molecule is CC(=O)NCCc1c2n(c3ccc(C(C)C)nc13)CCC2. The van der Waals surface area contributed by atoms with Crippen LogP contribution in [-0.2, 0) is 24.2 Å². The Morgan fingerprint density at radius 3 is 2.95 bits per heavy atom. The maximum Gasteiger partial charge on any atom is 0.216 e. The number of rotatable bonds is 4. The second kappa shape index (κ2) is 5.51. The third-order valence-electron chi connectivity index (χ3n) is 4.28. The molecule has 0 saturated carbocycles. The summed E-state index contributed by atoms with van der Waals surface area (Å²) >= 11 is 0. The van der Waals surface area contributed by atoms with Crippen LogP contribution < -0.4 is 5.32 Å². The van der Waals surface area contributed by atoms with Gasteiger partial charge in [0.2, 0.25) is 5.91 Å². The van der Waals surface area contributed by atoms with E-state index in [9.17, 15) is 4.79 Å². The van der Waals surface area contributed by atoms with E-state index in [0.717, 1.165) is 30.6 Å². The van der Waals surface area contributed by atoms with Crippen LogP contribution in [0.3, 0.4) is 0 Å². The van der Waals surface area contributed by atoms with Gasteiger partial charge in [0, 0.05) is 37.0 Å². The molecule has 1 N–H and O–H groups in total. The zero-order valence-corrected chi connectivity index (χ0v) is 13.1. The van der Waals surface area contributed by atoms with Crippen LogP contribution in [0.2, 0.25) is 0 Å². The van der Waals surface area contributed by atoms with E-state index >= 15 is 0 Å². The van der Waals surface area contributed by atoms with Crippen LogP contribution in [0.5, 0.6) is 0 Å². The molecule has 0 saturated heterocycles. The minimum atomic E-state index is 0.0333. The number of carbonyl (C=O) groups excluding carboxylic acids is 1. The zero-order chi connectivity index (χ0) is 15.0. The maximum absolute atomic E-state index is 11.1. The number of amides is 1. The first-order chi connectivity index (χ1) is 10.1. The second-order valence-electron chi connectivity index (χ2n) is 6.17. The predicted octanol–water partition coefficient (Wildman–Crippen LogP) is 2.78. The molecule has 0 unspecified atom stereocenters. The lowest BCUT2D eigenvalue weighted by atomic mass is 10.1. The number of nitrogens with one attached hydrogen (secondary N) is 1. The summed E-state index contributed by atoms with van der Waals surface area (Å²) in [6.07, 6.45) is 3.21. The number of hydrogen-bond donors (Lipinski definition) is 1. The van der Waals surface area contributed by atoms with E-state index < -0.39 is 0 Å². The van der Waals surface area contributed by atoms with Gasteiger partial charge < -0.3 is 9.88 Å². The Hall–Kier alpha value is -1.84. The monoisotopic (exact) mass is 285 g/mol. The fourth-order valence-electron chi connectivity index (χ4n) is 3.25. The standard InChI is InChI=1S/C17H23N3O/c1-11(2)14-6-7-16-17(19-14)13(8-9-18-12(3)21)15-5-4-10-20(15)16/h6-7,11H,4-5,8-10H2,1-3H3,(H,18,21). The fraction of sp³-hybridized carbons (Fsp3) is 0.529. The zero-order valence-electron chi connectivity index (χ0n) is 13.1. The third-order valence-corrected chi connectivity index (χ3v) is 4.28. The summed E-state index contributed by atoms with van der Waals surface area (Å²) in [6, 6.07) is 4.37. The van der Waals surface area contributed by atoms with Gasteiger partial charge in [-0.3, -0.25) is 9.78 Å². The van der Waals surface area contributed by atoms with Gasteiger partial charge in [-0.05, 0) is 37.3 Å². The van der Waals surface area contributed by atoms with Crippen molar-refractivity contribution < 1.29 is 4.79 Å². The van der Waals surface area contributed by atoms with Crippen molar-refractivity contribution in [2.75, 3.05) is 6.54 Å². The maximum atomic E-state index is 11.1. The van der Waals surface area contributed by atoms with Crippen molar-refractivity contribution in [2.24, 2.45) is 0 Å². The summed E-state index contributed by atoms with van der Waals surface area (Å²) in [7, 11) is 0. The summed E-state index contributed by atoms with van der Waals surface area (Å²) in [5.41, 5.74) is 6.29. The van der Waals surface area contributed by atoms with Crippen LogP contribution in [-0.4, -0.2) is 22.0 Å². The van der Waals surface area contributed by atoms with Crippen molar-refractivity contribution in [1.82, 2.24) is 14.9 Å². The lowest BCUT2D eigenvalue weighted by Crippen LogP contribution is -2.22. The van der Waals surface area contributed by atoms with Gasteiger partial charge in [-0.1, -0.05) is 13.8 Å². The Bertz CT molecular complexity index is 685. The largest absolute Gasteiger partial charge is 0.356 e. The number of pyridine rings is 1. The van der Waals surface area contributed by atoms with Crippen LogP contribution in [0.25, 0.3) is 11.0 Å². The van der Waals surface area contributed by atoms with Crippen molar-refractivity contribution in [3.05, 3.63) is 29.1 Å². The first-order valence-corrected chi connectivity index (χ1v) is 7.83. The lowest BCUT2D eigenvalue weighted by Gasteiger charge is -2.07. The molecule has 2 aromatic rings. The highest BCUT2D eigenvalue weighted by Crippen LogP contribution is 2.31. The average Bonchev–Trinajstić information content (AvgIpc) is 3.00. The number of aromatic nitrogens is 2. The van der Waals surface area contributed by atoms with Gasteiger partial charge in [0.25, 0.3) is 0 Å². The molecule has 1 aliphatic rings. The molecular formula is C17H23N3O. The third kappa shape index (κ3) is 2.55. The highest BCUT2D eigenvalue weighted by atomic mass is 16.1. The molecule has 3 heterocycles. The van der Waals surface area contributed by atoms with Crippen molar-refractivity contribution in [3.8, 4) is 0 Å². The van der Waals surface area contributed by atoms with Gasteiger partial charge in [0.05, 0.1) is 11.0 Å². The summed E-state index contributed by atoms with van der Waals surface area (Å²) in [6.45, 7) is 7.70. The quantitative estimate of drug-likeness (QED) is 0.939. The lowest BCUT2D eigenvalue weighted by molar-refractivity contribution is -0.118. The summed E-state index contributed by atoms with van der Waals surface area (Å²) in [4.78, 5) is 16.0. The van der Waals surface area contributed by atoms with Gasteiger partial charge >= 0.3 is 0 Å². The van der Waals surface area contributed by atoms with E-state index in [1.165, 1.54) is 23.2 Å². The Labute approximate surface area is 125 Å². The Morgan fingerprint density at radius 1 is 1.43 bits per heavy atom. The minimum Gasteiger partial charge on any atom is -0.356 e. The molecule has 112 valence electrons. The van der Waals surface area contributed by atoms with Crippen molar-refractivity contribution in [2.45, 2.75) is 52.5 Å². The average molecular weight is 285 g/mol. The summed E-state index contributed by atoms with van der Waals surface area (Å²) in [5, 5.41) is 2.90. The highest BCUT2D eigenvalue weighted by molar-refractivity contribution is 5.82. The van der Waals surface area contributed by atoms with E-state index in [-0.39, 0.29) is 5.91 Å². The first-order valence-electron chi connectivity index (χ1n) is 7.83. The Kier molecular flexibility index (Phi) is 3.70. The van der Waals surface area contributed by atoms with Gasteiger partial charge in [-0.15, -0.1) is 0 Å². The molecule has 0 atom stereocenters. The number of nitrogens with zero attached hydrogens (tertiary/aromatic N) is 2. The predicted molar refractivity (Wildman–Crippen MR) is 84.5 cm³/mol. The molecule has 1 aliphatic heterocycles. The molecule has 4 nitrogen and oxygen atoms in total. The highest BCUT2D eigenvalue weighted by Gasteiger charge is 2.22. The molecule has 0 aliphatic carbocycles. The number of fused-ring (bicyclic) bond motifs is 3. The molecule has 0 spiro atoms. The molecule has 2 aromatic heterocycles. The Balaban J connectivity index is 2.03. The van der Waals surface area contributed by atoms with Gasteiger partial charge in [0.15, 0.2) is 0 Å². The van der Waals surface area contributed by atoms with Crippen LogP contribution in [0.15, 0.2) is 12.1 Å². The van der Waals surface area contributed by atoms with Crippen LogP contribution in [0, 0.1) is 0 Å². The summed E-state index contributed by atoms with van der Waals surface area (Å²) in [5.74, 6) is 0.471. The molecule has 0 radical (unpaired) electrons. The van der Waals surface area contributed by atoms with Gasteiger partial charge in [0.1, 0.15) is 0 Å². The molecule has 21 heavy (non-hydrogen) atoms. The van der Waals surface area contributed by atoms with Gasteiger partial charge in [-0.25, -0.2) is 0 Å². The molecule has 0 fully saturated rings. The molecule has 3 rings (SSSR count). The van der Waals surface area contributed by atoms with E-state index in [2.05, 4.69) is 35.9 Å². The number of hydrogen-bond acceptors (Lipinski definition) is 2.